The van der Waals surface area contributed by atoms with Gasteiger partial charge in [0.1, 0.15) is 0 Å². The summed E-state index contributed by atoms with van der Waals surface area (Å²) in [5.41, 5.74) is 6.34. The fourth-order valence-corrected chi connectivity index (χ4v) is 5.19. The first-order valence-electron chi connectivity index (χ1n) is 6.98. The van der Waals surface area contributed by atoms with E-state index in [4.69, 9.17) is 10.5 Å². The van der Waals surface area contributed by atoms with Crippen LogP contribution in [0.15, 0.2) is 29.2 Å². The first kappa shape index (κ1) is 16.6. The molecule has 1 aliphatic heterocycles. The van der Waals surface area contributed by atoms with Gasteiger partial charge in [-0.05, 0) is 38.1 Å². The van der Waals surface area contributed by atoms with Crippen molar-refractivity contribution in [3.63, 3.8) is 0 Å². The molecule has 0 aliphatic carbocycles. The highest BCUT2D eigenvalue weighted by Gasteiger charge is 2.30. The lowest BCUT2D eigenvalue weighted by Gasteiger charge is -2.34. The molecule has 5 nitrogen and oxygen atoms in total. The fourth-order valence-electron chi connectivity index (χ4n) is 2.32. The Morgan fingerprint density at radius 2 is 1.81 bits per heavy atom. The molecule has 2 atom stereocenters. The van der Waals surface area contributed by atoms with Crippen molar-refractivity contribution in [3.8, 4) is 0 Å². The highest BCUT2D eigenvalue weighted by atomic mass is 32.2. The molecule has 2 unspecified atom stereocenters. The van der Waals surface area contributed by atoms with Crippen LogP contribution in [0.25, 0.3) is 0 Å². The molecule has 1 aromatic carbocycles. The number of anilines is 1. The Labute approximate surface area is 130 Å². The maximum absolute atomic E-state index is 12.4. The minimum atomic E-state index is -3.22. The van der Waals surface area contributed by atoms with Crippen LogP contribution in [0.1, 0.15) is 13.8 Å². The summed E-state index contributed by atoms with van der Waals surface area (Å²) < 4.78 is 31.8. The summed E-state index contributed by atoms with van der Waals surface area (Å²) in [4.78, 5) is 1.03. The summed E-state index contributed by atoms with van der Waals surface area (Å²) >= 11 is 1.53. The van der Waals surface area contributed by atoms with Gasteiger partial charge < -0.3 is 10.5 Å². The standard InChI is InChI=1S/C14H22N2O3S2/c1-11-9-16(10-12(2)19-11)21(17,18)8-7-20-14-5-3-13(15)4-6-14/h3-6,11-12H,7-10,15H2,1-2H3. The van der Waals surface area contributed by atoms with Crippen LogP contribution < -0.4 is 5.73 Å². The lowest BCUT2D eigenvalue weighted by Crippen LogP contribution is -2.49. The minimum absolute atomic E-state index is 0.0479. The fraction of sp³-hybridized carbons (Fsp3) is 0.571. The van der Waals surface area contributed by atoms with Crippen LogP contribution in [0.3, 0.4) is 0 Å². The zero-order chi connectivity index (χ0) is 15.5. The van der Waals surface area contributed by atoms with E-state index in [-0.39, 0.29) is 18.0 Å². The van der Waals surface area contributed by atoms with Gasteiger partial charge in [0.2, 0.25) is 10.0 Å². The van der Waals surface area contributed by atoms with E-state index in [1.54, 1.807) is 4.31 Å². The molecule has 118 valence electrons. The summed E-state index contributed by atoms with van der Waals surface area (Å²) in [6.07, 6.45) is -0.0958. The van der Waals surface area contributed by atoms with Gasteiger partial charge in [-0.1, -0.05) is 0 Å². The smallest absolute Gasteiger partial charge is 0.215 e. The number of nitrogens with zero attached hydrogens (tertiary/aromatic N) is 1. The van der Waals surface area contributed by atoms with Crippen molar-refractivity contribution in [3.05, 3.63) is 24.3 Å². The van der Waals surface area contributed by atoms with Crippen molar-refractivity contribution in [1.29, 1.82) is 0 Å². The Kier molecular flexibility index (Phi) is 5.54. The molecule has 1 aliphatic rings. The second kappa shape index (κ2) is 7.00. The van der Waals surface area contributed by atoms with E-state index in [1.165, 1.54) is 11.8 Å². The second-order valence-electron chi connectivity index (χ2n) is 5.31. The van der Waals surface area contributed by atoms with Gasteiger partial charge in [-0.15, -0.1) is 11.8 Å². The summed E-state index contributed by atoms with van der Waals surface area (Å²) in [6.45, 7) is 4.70. The molecule has 21 heavy (non-hydrogen) atoms. The van der Waals surface area contributed by atoms with Gasteiger partial charge in [0, 0.05) is 29.4 Å². The topological polar surface area (TPSA) is 72.6 Å². The van der Waals surface area contributed by atoms with E-state index in [9.17, 15) is 8.42 Å². The van der Waals surface area contributed by atoms with Crippen LogP contribution in [0.5, 0.6) is 0 Å². The van der Waals surface area contributed by atoms with Gasteiger partial charge in [0.05, 0.1) is 18.0 Å². The van der Waals surface area contributed by atoms with Gasteiger partial charge in [-0.25, -0.2) is 8.42 Å². The third-order valence-corrected chi connectivity index (χ3v) is 6.35. The SMILES string of the molecule is CC1CN(S(=O)(=O)CCSc2ccc(N)cc2)CC(C)O1. The molecular weight excluding hydrogens is 308 g/mol. The zero-order valence-electron chi connectivity index (χ0n) is 12.4. The third-order valence-electron chi connectivity index (χ3n) is 3.27. The molecule has 0 spiro atoms. The number of sulfonamides is 1. The normalized spacial score (nSPS) is 24.1. The van der Waals surface area contributed by atoms with Gasteiger partial charge in [-0.3, -0.25) is 0 Å². The molecule has 2 N–H and O–H groups in total. The number of nitrogen functional groups attached to an aromatic ring is 1. The largest absolute Gasteiger partial charge is 0.399 e. The Bertz CT molecular complexity index is 550. The van der Waals surface area contributed by atoms with Gasteiger partial charge in [0.15, 0.2) is 0 Å². The van der Waals surface area contributed by atoms with E-state index in [1.807, 2.05) is 38.1 Å². The third kappa shape index (κ3) is 4.88. The first-order valence-corrected chi connectivity index (χ1v) is 9.58. The minimum Gasteiger partial charge on any atom is -0.399 e. The number of thioether (sulfide) groups is 1. The molecule has 1 saturated heterocycles. The molecule has 7 heteroatoms. The Morgan fingerprint density at radius 3 is 2.38 bits per heavy atom. The number of rotatable bonds is 5. The van der Waals surface area contributed by atoms with Crippen LogP contribution in [0.2, 0.25) is 0 Å². The molecule has 2 rings (SSSR count). The molecule has 0 saturated carbocycles. The van der Waals surface area contributed by atoms with Crippen molar-refractivity contribution in [2.75, 3.05) is 30.3 Å². The molecule has 1 heterocycles. The predicted molar refractivity (Wildman–Crippen MR) is 86.9 cm³/mol. The monoisotopic (exact) mass is 330 g/mol. The second-order valence-corrected chi connectivity index (χ2v) is 8.56. The number of hydrogen-bond donors (Lipinski definition) is 1. The lowest BCUT2D eigenvalue weighted by molar-refractivity contribution is -0.0440. The average molecular weight is 330 g/mol. The Hall–Kier alpha value is -0.760. The molecule has 0 amide bonds. The number of nitrogens with two attached hydrogens (primary N) is 1. The molecule has 0 bridgehead atoms. The Morgan fingerprint density at radius 1 is 1.24 bits per heavy atom. The van der Waals surface area contributed by atoms with E-state index >= 15 is 0 Å². The van der Waals surface area contributed by atoms with E-state index in [2.05, 4.69) is 0 Å². The molecule has 1 aromatic rings. The van der Waals surface area contributed by atoms with Crippen molar-refractivity contribution in [2.45, 2.75) is 31.0 Å². The number of hydrogen-bond acceptors (Lipinski definition) is 5. The van der Waals surface area contributed by atoms with Gasteiger partial charge >= 0.3 is 0 Å². The number of ether oxygens (including phenoxy) is 1. The van der Waals surface area contributed by atoms with Crippen molar-refractivity contribution >= 4 is 27.5 Å². The van der Waals surface area contributed by atoms with Crippen LogP contribution >= 0.6 is 11.8 Å². The molecular formula is C14H22N2O3S2. The van der Waals surface area contributed by atoms with Crippen LogP contribution in [-0.2, 0) is 14.8 Å². The first-order chi connectivity index (χ1) is 9.87. The summed E-state index contributed by atoms with van der Waals surface area (Å²) in [5.74, 6) is 0.674. The average Bonchev–Trinajstić information content (AvgIpc) is 2.40. The maximum Gasteiger partial charge on any atom is 0.215 e. The number of morpholine rings is 1. The summed E-state index contributed by atoms with van der Waals surface area (Å²) in [6, 6.07) is 7.46. The highest BCUT2D eigenvalue weighted by molar-refractivity contribution is 8.00. The van der Waals surface area contributed by atoms with Gasteiger partial charge in [0.25, 0.3) is 0 Å². The van der Waals surface area contributed by atoms with E-state index < -0.39 is 10.0 Å². The zero-order valence-corrected chi connectivity index (χ0v) is 14.0. The maximum atomic E-state index is 12.4. The van der Waals surface area contributed by atoms with E-state index in [0.29, 0.717) is 24.5 Å². The molecule has 0 radical (unpaired) electrons. The Balaban J connectivity index is 1.87. The van der Waals surface area contributed by atoms with Crippen molar-refractivity contribution in [2.24, 2.45) is 0 Å². The van der Waals surface area contributed by atoms with E-state index in [0.717, 1.165) is 4.90 Å². The van der Waals surface area contributed by atoms with Gasteiger partial charge in [-0.2, -0.15) is 4.31 Å². The van der Waals surface area contributed by atoms with Crippen molar-refractivity contribution in [1.82, 2.24) is 4.31 Å². The van der Waals surface area contributed by atoms with Crippen LogP contribution in [-0.4, -0.2) is 49.5 Å². The van der Waals surface area contributed by atoms with Crippen molar-refractivity contribution < 1.29 is 13.2 Å². The molecule has 0 aromatic heterocycles. The lowest BCUT2D eigenvalue weighted by atomic mass is 10.3. The highest BCUT2D eigenvalue weighted by Crippen LogP contribution is 2.21. The quantitative estimate of drug-likeness (QED) is 0.658. The molecule has 1 fully saturated rings. The summed E-state index contributed by atoms with van der Waals surface area (Å²) in [7, 11) is -3.22. The predicted octanol–water partition coefficient (Wildman–Crippen LogP) is 1.80. The number of benzene rings is 1. The van der Waals surface area contributed by atoms with Crippen LogP contribution in [0.4, 0.5) is 5.69 Å². The van der Waals surface area contributed by atoms with Crippen LogP contribution in [0, 0.1) is 0 Å². The summed E-state index contributed by atoms with van der Waals surface area (Å²) in [5, 5.41) is 0.